The van der Waals surface area contributed by atoms with Gasteiger partial charge in [-0.05, 0) is 26.0 Å². The molecule has 1 aromatic rings. The molecule has 1 aliphatic rings. The zero-order valence-corrected chi connectivity index (χ0v) is 18.1. The average molecular weight is 444 g/mol. The molecule has 1 heterocycles. The van der Waals surface area contributed by atoms with Gasteiger partial charge >= 0.3 is 6.09 Å². The molecule has 0 bridgehead atoms. The SMILES string of the molecule is C=NN(C)/C(=N\C)NC(=O)c1ccc(Cl)c(OC(=O)N2C[C@@H](C)O[C@@H](C)C2)c1Cl. The molecule has 9 nitrogen and oxygen atoms in total. The minimum Gasteiger partial charge on any atom is -0.407 e. The number of guanidine groups is 1. The summed E-state index contributed by atoms with van der Waals surface area (Å²) in [5.41, 5.74) is 0.0567. The second-order valence-corrected chi connectivity index (χ2v) is 7.22. The van der Waals surface area contributed by atoms with E-state index in [0.717, 1.165) is 0 Å². The van der Waals surface area contributed by atoms with E-state index in [9.17, 15) is 9.59 Å². The first-order chi connectivity index (χ1) is 13.7. The molecule has 1 aromatic carbocycles. The standard InChI is InChI=1S/C18H23Cl2N5O4/c1-10-8-25(9-11(2)28-10)18(27)29-15-13(19)7-6-12(14(15)20)16(26)23-17(21-3)24(5)22-4/h6-7,10-11H,4,8-9H2,1-3,5H3,(H,21,23,26)/t10-,11+. The Morgan fingerprint density at radius 2 is 1.93 bits per heavy atom. The quantitative estimate of drug-likeness (QED) is 0.440. The Balaban J connectivity index is 2.23. The lowest BCUT2D eigenvalue weighted by atomic mass is 10.2. The summed E-state index contributed by atoms with van der Waals surface area (Å²) in [4.78, 5) is 30.6. The zero-order chi connectivity index (χ0) is 21.7. The second-order valence-electron chi connectivity index (χ2n) is 6.43. The molecule has 0 aliphatic carbocycles. The van der Waals surface area contributed by atoms with Crippen LogP contribution in [0.3, 0.4) is 0 Å². The molecule has 1 aliphatic heterocycles. The van der Waals surface area contributed by atoms with Crippen molar-refractivity contribution in [1.29, 1.82) is 0 Å². The van der Waals surface area contributed by atoms with Crippen LogP contribution in [0.4, 0.5) is 4.79 Å². The predicted octanol–water partition coefficient (Wildman–Crippen LogP) is 2.86. The number of nitrogens with zero attached hydrogens (tertiary/aromatic N) is 4. The number of nitrogens with one attached hydrogen (secondary N) is 1. The van der Waals surface area contributed by atoms with Crippen LogP contribution in [0.25, 0.3) is 0 Å². The van der Waals surface area contributed by atoms with Crippen LogP contribution in [0, 0.1) is 0 Å². The number of halogens is 2. The fraction of sp³-hybridized carbons (Fsp3) is 0.444. The van der Waals surface area contributed by atoms with Crippen molar-refractivity contribution >= 4 is 47.9 Å². The highest BCUT2D eigenvalue weighted by molar-refractivity contribution is 6.39. The fourth-order valence-corrected chi connectivity index (χ4v) is 3.33. The molecule has 158 valence electrons. The van der Waals surface area contributed by atoms with E-state index in [0.29, 0.717) is 13.1 Å². The van der Waals surface area contributed by atoms with E-state index in [1.807, 2.05) is 13.8 Å². The molecular weight excluding hydrogens is 421 g/mol. The number of ether oxygens (including phenoxy) is 2. The third-order valence-electron chi connectivity index (χ3n) is 4.12. The van der Waals surface area contributed by atoms with Gasteiger partial charge in [-0.3, -0.25) is 15.1 Å². The van der Waals surface area contributed by atoms with Gasteiger partial charge in [-0.15, -0.1) is 0 Å². The van der Waals surface area contributed by atoms with Crippen LogP contribution in [0.5, 0.6) is 5.75 Å². The molecule has 11 heteroatoms. The van der Waals surface area contributed by atoms with Gasteiger partial charge in [0.15, 0.2) is 5.75 Å². The van der Waals surface area contributed by atoms with Gasteiger partial charge in [-0.1, -0.05) is 23.2 Å². The van der Waals surface area contributed by atoms with Crippen molar-refractivity contribution < 1.29 is 19.1 Å². The minimum atomic E-state index is -0.625. The molecule has 2 atom stereocenters. The highest BCUT2D eigenvalue weighted by Crippen LogP contribution is 2.36. The van der Waals surface area contributed by atoms with Gasteiger partial charge in [-0.2, -0.15) is 5.10 Å². The van der Waals surface area contributed by atoms with Crippen LogP contribution >= 0.6 is 23.2 Å². The normalized spacial score (nSPS) is 19.5. The number of benzene rings is 1. The van der Waals surface area contributed by atoms with Gasteiger partial charge in [0, 0.05) is 20.8 Å². The largest absolute Gasteiger partial charge is 0.415 e. The second kappa shape index (κ2) is 9.91. The molecule has 2 rings (SSSR count). The van der Waals surface area contributed by atoms with E-state index in [1.165, 1.54) is 29.1 Å². The van der Waals surface area contributed by atoms with E-state index < -0.39 is 12.0 Å². The number of carbonyl (C=O) groups is 2. The monoisotopic (exact) mass is 443 g/mol. The molecule has 0 radical (unpaired) electrons. The first-order valence-electron chi connectivity index (χ1n) is 8.76. The first kappa shape index (κ1) is 22.9. The number of amides is 2. The molecule has 0 saturated carbocycles. The smallest absolute Gasteiger partial charge is 0.407 e. The minimum absolute atomic E-state index is 0.0567. The lowest BCUT2D eigenvalue weighted by Gasteiger charge is -2.34. The van der Waals surface area contributed by atoms with Crippen molar-refractivity contribution in [2.75, 3.05) is 27.2 Å². The molecule has 1 N–H and O–H groups in total. The van der Waals surface area contributed by atoms with E-state index in [1.54, 1.807) is 7.05 Å². The molecule has 29 heavy (non-hydrogen) atoms. The van der Waals surface area contributed by atoms with Crippen LogP contribution in [0.2, 0.25) is 10.0 Å². The summed E-state index contributed by atoms with van der Waals surface area (Å²) >= 11 is 12.5. The number of aliphatic imine (C=N–C) groups is 1. The Morgan fingerprint density at radius 3 is 2.48 bits per heavy atom. The van der Waals surface area contributed by atoms with Gasteiger partial charge in [0.25, 0.3) is 5.91 Å². The summed E-state index contributed by atoms with van der Waals surface area (Å²) < 4.78 is 11.0. The molecule has 1 fully saturated rings. The maximum absolute atomic E-state index is 12.6. The number of morpholine rings is 1. The highest BCUT2D eigenvalue weighted by Gasteiger charge is 2.29. The van der Waals surface area contributed by atoms with Crippen molar-refractivity contribution in [3.63, 3.8) is 0 Å². The number of carbonyl (C=O) groups excluding carboxylic acids is 2. The Hall–Kier alpha value is -2.36. The Morgan fingerprint density at radius 1 is 1.31 bits per heavy atom. The number of hydrogen-bond donors (Lipinski definition) is 1. The fourth-order valence-electron chi connectivity index (χ4n) is 2.80. The maximum Gasteiger partial charge on any atom is 0.415 e. The van der Waals surface area contributed by atoms with E-state index in [2.05, 4.69) is 22.1 Å². The Kier molecular flexibility index (Phi) is 7.83. The molecule has 0 unspecified atom stereocenters. The summed E-state index contributed by atoms with van der Waals surface area (Å²) in [6.45, 7) is 7.84. The lowest BCUT2D eigenvalue weighted by molar-refractivity contribution is -0.0592. The number of rotatable bonds is 3. The van der Waals surface area contributed by atoms with E-state index in [-0.39, 0.29) is 39.5 Å². The third kappa shape index (κ3) is 5.59. The van der Waals surface area contributed by atoms with Gasteiger partial charge in [0.05, 0.1) is 40.9 Å². The van der Waals surface area contributed by atoms with Crippen LogP contribution in [0.1, 0.15) is 24.2 Å². The topological polar surface area (TPSA) is 95.8 Å². The third-order valence-corrected chi connectivity index (χ3v) is 4.79. The summed E-state index contributed by atoms with van der Waals surface area (Å²) in [6.07, 6.45) is -0.882. The van der Waals surface area contributed by atoms with Gasteiger partial charge in [-0.25, -0.2) is 9.80 Å². The zero-order valence-electron chi connectivity index (χ0n) is 16.6. The lowest BCUT2D eigenvalue weighted by Crippen LogP contribution is -2.49. The first-order valence-corrected chi connectivity index (χ1v) is 9.52. The van der Waals surface area contributed by atoms with Crippen LogP contribution in [0.15, 0.2) is 22.2 Å². The van der Waals surface area contributed by atoms with Gasteiger partial charge < -0.3 is 14.4 Å². The number of hydrogen-bond acceptors (Lipinski definition) is 6. The molecule has 0 spiro atoms. The summed E-state index contributed by atoms with van der Waals surface area (Å²) in [5.74, 6) is -0.512. The van der Waals surface area contributed by atoms with Crippen molar-refractivity contribution in [3.05, 3.63) is 27.7 Å². The average Bonchev–Trinajstić information content (AvgIpc) is 2.67. The van der Waals surface area contributed by atoms with Crippen molar-refractivity contribution in [2.24, 2.45) is 10.1 Å². The summed E-state index contributed by atoms with van der Waals surface area (Å²) in [5, 5.41) is 7.51. The van der Waals surface area contributed by atoms with Crippen LogP contribution in [-0.4, -0.2) is 74.0 Å². The van der Waals surface area contributed by atoms with Crippen molar-refractivity contribution in [2.45, 2.75) is 26.1 Å². The van der Waals surface area contributed by atoms with Gasteiger partial charge in [0.1, 0.15) is 0 Å². The van der Waals surface area contributed by atoms with E-state index in [4.69, 9.17) is 32.7 Å². The van der Waals surface area contributed by atoms with Crippen LogP contribution < -0.4 is 10.1 Å². The van der Waals surface area contributed by atoms with Crippen molar-refractivity contribution in [1.82, 2.24) is 15.2 Å². The maximum atomic E-state index is 12.6. The molecule has 0 aromatic heterocycles. The van der Waals surface area contributed by atoms with Gasteiger partial charge in [0.2, 0.25) is 5.96 Å². The molecule has 1 saturated heterocycles. The van der Waals surface area contributed by atoms with Crippen molar-refractivity contribution in [3.8, 4) is 5.75 Å². The Bertz CT molecular complexity index is 823. The molecule has 2 amide bonds. The summed E-state index contributed by atoms with van der Waals surface area (Å²) in [6, 6.07) is 2.85. The van der Waals surface area contributed by atoms with E-state index >= 15 is 0 Å². The highest BCUT2D eigenvalue weighted by atomic mass is 35.5. The molecular formula is C18H23Cl2N5O4. The van der Waals surface area contributed by atoms with Crippen LogP contribution in [-0.2, 0) is 4.74 Å². The number of hydrazone groups is 1. The summed E-state index contributed by atoms with van der Waals surface area (Å²) in [7, 11) is 3.05. The Labute approximate surface area is 179 Å². The predicted molar refractivity (Wildman–Crippen MR) is 112 cm³/mol.